The molecule has 1 amide bonds. The van der Waals surface area contributed by atoms with E-state index in [1.807, 2.05) is 74.5 Å². The van der Waals surface area contributed by atoms with Crippen molar-refractivity contribution in [2.45, 2.75) is 152 Å². The van der Waals surface area contributed by atoms with Crippen LogP contribution in [0.15, 0.2) is 161 Å². The highest BCUT2D eigenvalue weighted by atomic mass is 16.5. The number of aromatic hydroxyl groups is 1. The third-order valence-electron chi connectivity index (χ3n) is 19.3. The number of aliphatic hydroxyl groups is 5. The maximum absolute atomic E-state index is 15.2. The van der Waals surface area contributed by atoms with Crippen molar-refractivity contribution in [3.63, 3.8) is 0 Å². The van der Waals surface area contributed by atoms with Crippen LogP contribution in [0.2, 0.25) is 0 Å². The highest BCUT2D eigenvalue weighted by Crippen LogP contribution is 2.63. The largest absolute Gasteiger partial charge is 0.508 e. The molecule has 15 nitrogen and oxygen atoms in total. The lowest BCUT2D eigenvalue weighted by molar-refractivity contribution is -0.168. The minimum absolute atomic E-state index is 0.0644. The molecule has 0 saturated heterocycles. The van der Waals surface area contributed by atoms with E-state index in [2.05, 4.69) is 64.4 Å². The zero-order valence-corrected chi connectivity index (χ0v) is 49.8. The molecule has 3 aliphatic heterocycles. The van der Waals surface area contributed by atoms with E-state index in [0.717, 1.165) is 52.7 Å². The Kier molecular flexibility index (Phi) is 21.2. The molecule has 14 N–H and O–H groups in total. The SMILES string of the molecule is C=C1/C=C/C=C(\[C@H]2CC[C@@]3([C@@H]4CC[C@H](O)Cc5cccc(c5)C[C@H]([C@H](CN=C(N)N)c5ccc(O)cc5)[C@H](O)CN[C@H]5C(=O)N[C@@H](N)c6cccc(c65)CC(=O)C(C)=C4CC[C@@]3(C)O)[C@@H]2O)COCC#CC/C(CCCc2ccccc2)=C/C[C@@H]1O. The number of allylic oxidation sites excluding steroid dienone is 5. The first-order chi connectivity index (χ1) is 41.3. The maximum Gasteiger partial charge on any atom is 0.243 e. The van der Waals surface area contributed by atoms with Gasteiger partial charge in [-0.3, -0.25) is 19.9 Å². The van der Waals surface area contributed by atoms with Crippen molar-refractivity contribution in [2.75, 3.05) is 26.3 Å². The van der Waals surface area contributed by atoms with Crippen LogP contribution in [-0.2, 0) is 40.0 Å². The van der Waals surface area contributed by atoms with Gasteiger partial charge in [0.25, 0.3) is 0 Å². The molecule has 0 aromatic heterocycles. The van der Waals surface area contributed by atoms with Crippen molar-refractivity contribution in [3.8, 4) is 17.6 Å². The third kappa shape index (κ3) is 14.9. The molecule has 9 rings (SSSR count). The Balaban J connectivity index is 1.05. The Bertz CT molecular complexity index is 3280. The van der Waals surface area contributed by atoms with Gasteiger partial charge < -0.3 is 57.9 Å². The first-order valence-corrected chi connectivity index (χ1v) is 30.6. The van der Waals surface area contributed by atoms with Gasteiger partial charge in [0.15, 0.2) is 11.7 Å². The Morgan fingerprint density at radius 3 is 2.43 bits per heavy atom. The number of β-amino-alcohol motifs (C(OH)–C–C–N with tert-alkyl or cyclic N) is 1. The van der Waals surface area contributed by atoms with Crippen LogP contribution in [0.25, 0.3) is 0 Å². The summed E-state index contributed by atoms with van der Waals surface area (Å²) in [6, 6.07) is 29.4. The van der Waals surface area contributed by atoms with Gasteiger partial charge >= 0.3 is 0 Å². The maximum atomic E-state index is 15.2. The van der Waals surface area contributed by atoms with Crippen LogP contribution in [0, 0.1) is 35.0 Å². The fourth-order valence-electron chi connectivity index (χ4n) is 14.5. The van der Waals surface area contributed by atoms with E-state index in [1.54, 1.807) is 30.3 Å². The summed E-state index contributed by atoms with van der Waals surface area (Å²) in [5, 5.41) is 78.8. The fourth-order valence-corrected chi connectivity index (χ4v) is 14.5. The van der Waals surface area contributed by atoms with Crippen LogP contribution in [0.3, 0.4) is 0 Å². The van der Waals surface area contributed by atoms with Gasteiger partial charge in [0, 0.05) is 43.2 Å². The molecule has 0 unspecified atom stereocenters. The minimum atomic E-state index is -1.40. The Labute approximate surface area is 506 Å². The molecule has 5 aliphatic rings. The summed E-state index contributed by atoms with van der Waals surface area (Å²) >= 11 is 0. The lowest BCUT2D eigenvalue weighted by atomic mass is 9.52. The number of rotatable bonds is 9. The van der Waals surface area contributed by atoms with E-state index in [-0.39, 0.29) is 69.5 Å². The average molecular weight is 1170 g/mol. The molecule has 15 heteroatoms. The summed E-state index contributed by atoms with van der Waals surface area (Å²) in [5.74, 6) is 3.78. The van der Waals surface area contributed by atoms with Crippen molar-refractivity contribution in [1.82, 2.24) is 10.6 Å². The number of Topliss-reactive ketones (excluding diaryl/α,β-unsaturated/α-hetero) is 1. The van der Waals surface area contributed by atoms with Crippen LogP contribution < -0.4 is 27.8 Å². The molecule has 2 fully saturated rings. The molecule has 2 aliphatic carbocycles. The van der Waals surface area contributed by atoms with E-state index in [9.17, 15) is 35.4 Å². The molecule has 2 saturated carbocycles. The number of nitrogens with one attached hydrogen (secondary N) is 2. The van der Waals surface area contributed by atoms with Gasteiger partial charge in [-0.2, -0.15) is 0 Å². The highest BCUT2D eigenvalue weighted by Gasteiger charge is 2.64. The van der Waals surface area contributed by atoms with Gasteiger partial charge in [0.1, 0.15) is 24.6 Å². The van der Waals surface area contributed by atoms with E-state index in [1.165, 1.54) is 5.56 Å². The summed E-state index contributed by atoms with van der Waals surface area (Å²) in [7, 11) is 0. The summed E-state index contributed by atoms with van der Waals surface area (Å²) in [4.78, 5) is 33.9. The number of nitrogens with zero attached hydrogens (tertiary/aromatic N) is 1. The van der Waals surface area contributed by atoms with Gasteiger partial charge in [-0.05, 0) is 171 Å². The van der Waals surface area contributed by atoms with E-state index >= 15 is 4.79 Å². The first kappa shape index (κ1) is 63.5. The Hall–Kier alpha value is -6.97. The average Bonchev–Trinajstić information content (AvgIpc) is 1.44. The topological polar surface area (TPSA) is 279 Å². The summed E-state index contributed by atoms with van der Waals surface area (Å²) < 4.78 is 6.30. The standard InChI is InChI=1S/C71H88N6O9/c1-44-13-9-22-52(43-86-36-8-7-16-47(24-31-61(44)80)18-10-17-46-14-5-4-6-15-46)56-33-35-71(66(56)83)60-30-29-54(79)38-48-19-11-20-49(37-48)39-58(59(41-76-69(73)74)50-25-27-53(78)28-26-50)63(82)42-75-65-64-51(21-12-23-57(64)67(72)77-68(65)84)40-62(81)45(2)55(60)32-34-70(71,3)85/h4-6,9,11-15,19-28,37,54,56,58-61,63,65-67,75,78-80,82-83,85H,1,10,16-18,29-36,38-43,72H2,2-3H3,(H,77,84)(H4,73,74,76)/b13-9+,47-24-,52-22-,55-45?/t54-,56+,58+,59+,60+,61-,63+,65+,66+,67+,70+,71+/m0/s1. The number of hydrogen-bond donors (Lipinski definition) is 11. The molecule has 0 radical (unpaired) electrons. The highest BCUT2D eigenvalue weighted by molar-refractivity contribution is 5.98. The van der Waals surface area contributed by atoms with Gasteiger partial charge in [-0.15, -0.1) is 0 Å². The number of hydrogen-bond acceptors (Lipinski definition) is 12. The number of nitrogens with two attached hydrogens (primary N) is 3. The molecular weight excluding hydrogens is 1080 g/mol. The number of fused-ring (bicyclic) bond motifs is 4. The zero-order valence-electron chi connectivity index (χ0n) is 49.8. The number of ether oxygens (including phenoxy) is 1. The number of benzene rings is 4. The van der Waals surface area contributed by atoms with Crippen molar-refractivity contribution in [1.29, 1.82) is 0 Å². The summed E-state index contributed by atoms with van der Waals surface area (Å²) in [6.07, 6.45) is 9.30. The number of phenols is 1. The van der Waals surface area contributed by atoms with E-state index < -0.39 is 77.2 Å². The number of carbonyl (C=O) groups excluding carboxylic acids is 2. The van der Waals surface area contributed by atoms with Crippen molar-refractivity contribution in [2.24, 2.45) is 45.4 Å². The zero-order chi connectivity index (χ0) is 61.1. The third-order valence-corrected chi connectivity index (χ3v) is 19.3. The van der Waals surface area contributed by atoms with Crippen molar-refractivity contribution in [3.05, 3.63) is 195 Å². The first-order valence-electron chi connectivity index (χ1n) is 30.6. The van der Waals surface area contributed by atoms with Crippen LogP contribution in [-0.4, -0.2) is 105 Å². The summed E-state index contributed by atoms with van der Waals surface area (Å²) in [5.41, 5.74) is 25.3. The van der Waals surface area contributed by atoms with Crippen LogP contribution in [0.1, 0.15) is 135 Å². The van der Waals surface area contributed by atoms with Crippen molar-refractivity contribution < 1.29 is 45.0 Å². The van der Waals surface area contributed by atoms with Gasteiger partial charge in [0.2, 0.25) is 5.91 Å². The Morgan fingerprint density at radius 1 is 0.907 bits per heavy atom. The molecule has 3 heterocycles. The molecular formula is C71H88N6O9. The second-order valence-corrected chi connectivity index (χ2v) is 24.8. The fraction of sp³-hybridized carbons (Fsp3) is 0.451. The predicted molar refractivity (Wildman–Crippen MR) is 336 cm³/mol. The number of carbonyl (C=O) groups is 2. The molecule has 86 heavy (non-hydrogen) atoms. The molecule has 12 atom stereocenters. The monoisotopic (exact) mass is 1170 g/mol. The quantitative estimate of drug-likeness (QED) is 0.0334. The second kappa shape index (κ2) is 28.7. The number of aliphatic hydroxyl groups excluding tert-OH is 4. The lowest BCUT2D eigenvalue weighted by Gasteiger charge is -2.56. The molecule has 2 bridgehead atoms. The van der Waals surface area contributed by atoms with Gasteiger partial charge in [-0.1, -0.05) is 139 Å². The molecule has 1 spiro atoms. The summed E-state index contributed by atoms with van der Waals surface area (Å²) in [6.45, 7) is 8.21. The van der Waals surface area contributed by atoms with Crippen LogP contribution in [0.4, 0.5) is 0 Å². The number of ketones is 1. The van der Waals surface area contributed by atoms with Crippen LogP contribution >= 0.6 is 0 Å². The predicted octanol–water partition coefficient (Wildman–Crippen LogP) is 7.59. The van der Waals surface area contributed by atoms with E-state index in [4.69, 9.17) is 21.9 Å². The van der Waals surface area contributed by atoms with Crippen molar-refractivity contribution >= 4 is 17.6 Å². The Morgan fingerprint density at radius 2 is 1.66 bits per heavy atom. The number of aliphatic imine (C=N–C) groups is 1. The smallest absolute Gasteiger partial charge is 0.243 e. The second-order valence-electron chi connectivity index (χ2n) is 24.8. The number of aryl methyl sites for hydroxylation is 1. The number of amides is 1. The number of phenolic OH excluding ortho intramolecular Hbond substituents is 1. The molecule has 4 aromatic carbocycles. The lowest BCUT2D eigenvalue weighted by Crippen LogP contribution is -2.59. The minimum Gasteiger partial charge on any atom is -0.508 e. The van der Waals surface area contributed by atoms with E-state index in [0.29, 0.717) is 72.8 Å². The van der Waals surface area contributed by atoms with Gasteiger partial charge in [0.05, 0.1) is 36.6 Å². The molecule has 456 valence electrons. The van der Waals surface area contributed by atoms with Gasteiger partial charge in [-0.25, -0.2) is 0 Å². The van der Waals surface area contributed by atoms with Crippen LogP contribution in [0.5, 0.6) is 5.75 Å². The molecule has 4 aromatic rings. The number of guanidine groups is 1. The normalized spacial score (nSPS) is 30.9.